The summed E-state index contributed by atoms with van der Waals surface area (Å²) in [5, 5.41) is 29.0. The van der Waals surface area contributed by atoms with Gasteiger partial charge in [-0.2, -0.15) is 0 Å². The van der Waals surface area contributed by atoms with E-state index < -0.39 is 6.04 Å². The Morgan fingerprint density at radius 1 is 1.13 bits per heavy atom. The van der Waals surface area contributed by atoms with E-state index in [0.29, 0.717) is 29.8 Å². The zero-order valence-corrected chi connectivity index (χ0v) is 26.4. The third-order valence-electron chi connectivity index (χ3n) is 9.68. The highest BCUT2D eigenvalue weighted by Gasteiger charge is 2.41. The second kappa shape index (κ2) is 11.6. The molecule has 0 aromatic heterocycles. The molecular weight excluding hydrogens is 570 g/mol. The van der Waals surface area contributed by atoms with Gasteiger partial charge in [-0.05, 0) is 85.2 Å². The summed E-state index contributed by atoms with van der Waals surface area (Å²) in [6.45, 7) is 9.75. The number of aliphatic hydroxyl groups is 2. The predicted molar refractivity (Wildman–Crippen MR) is 173 cm³/mol. The van der Waals surface area contributed by atoms with Gasteiger partial charge in [-0.15, -0.1) is 0 Å². The average Bonchev–Trinajstić information content (AvgIpc) is 3.77. The van der Waals surface area contributed by atoms with Gasteiger partial charge in [0, 0.05) is 52.1 Å². The van der Waals surface area contributed by atoms with Crippen molar-refractivity contribution in [2.75, 3.05) is 13.7 Å². The Bertz CT molecular complexity index is 1830. The first-order valence-corrected chi connectivity index (χ1v) is 15.3. The molecule has 3 N–H and O–H groups in total. The molecule has 45 heavy (non-hydrogen) atoms. The minimum absolute atomic E-state index is 0.0212. The van der Waals surface area contributed by atoms with Gasteiger partial charge < -0.3 is 20.3 Å². The average molecular weight is 608 g/mol. The molecule has 5 aliphatic heterocycles. The Balaban J connectivity index is 1.61. The van der Waals surface area contributed by atoms with Gasteiger partial charge in [0.1, 0.15) is 5.76 Å². The minimum atomic E-state index is -0.820. The Morgan fingerprint density at radius 3 is 2.56 bits per heavy atom. The van der Waals surface area contributed by atoms with E-state index in [-0.39, 0.29) is 36.6 Å². The first-order valence-electron chi connectivity index (χ1n) is 15.3. The lowest BCUT2D eigenvalue weighted by molar-refractivity contribution is -0.140. The predicted octanol–water partition coefficient (Wildman–Crippen LogP) is 6.28. The molecule has 11 heteroatoms. The Morgan fingerprint density at radius 2 is 1.87 bits per heavy atom. The summed E-state index contributed by atoms with van der Waals surface area (Å²) in [6, 6.07) is -0.820. The van der Waals surface area contributed by atoms with Crippen molar-refractivity contribution in [3.8, 4) is 0 Å². The number of hydrogen-bond acceptors (Lipinski definition) is 9. The highest BCUT2D eigenvalue weighted by atomic mass is 16.5. The van der Waals surface area contributed by atoms with Crippen molar-refractivity contribution in [1.82, 2.24) is 5.32 Å². The summed E-state index contributed by atoms with van der Waals surface area (Å²) in [6.07, 6.45) is 7.77. The molecule has 8 bridgehead atoms. The van der Waals surface area contributed by atoms with E-state index in [4.69, 9.17) is 19.7 Å². The third kappa shape index (κ3) is 4.92. The maximum Gasteiger partial charge on any atom is 0.305 e. The maximum absolute atomic E-state index is 12.2. The third-order valence-corrected chi connectivity index (χ3v) is 9.68. The number of methoxy groups -OCH3 is 1. The van der Waals surface area contributed by atoms with E-state index in [9.17, 15) is 20.5 Å². The fourth-order valence-corrected chi connectivity index (χ4v) is 7.17. The number of rotatable bonds is 7. The number of nitrogens with zero attached hydrogens (tertiary/aromatic N) is 6. The number of allylic oxidation sites excluding steroid dienone is 11. The normalized spacial score (nSPS) is 24.3. The molecule has 1 saturated heterocycles. The number of fused-ring (bicyclic) bond motifs is 5. The fraction of sp³-hybridized carbons (Fsp3) is 0.412. The van der Waals surface area contributed by atoms with E-state index in [0.717, 1.165) is 74.1 Å². The van der Waals surface area contributed by atoms with E-state index in [2.05, 4.69) is 29.2 Å². The number of ether oxygens (including phenoxy) is 1. The number of esters is 1. The summed E-state index contributed by atoms with van der Waals surface area (Å²) in [5.41, 5.74) is 21.5. The van der Waals surface area contributed by atoms with Crippen LogP contribution in [0.4, 0.5) is 0 Å². The molecule has 1 fully saturated rings. The molecule has 1 aliphatic carbocycles. The van der Waals surface area contributed by atoms with Crippen molar-refractivity contribution in [3.05, 3.63) is 102 Å². The first kappa shape index (κ1) is 30.3. The van der Waals surface area contributed by atoms with E-state index in [1.165, 1.54) is 7.11 Å². The summed E-state index contributed by atoms with van der Waals surface area (Å²) >= 11 is 0. The van der Waals surface area contributed by atoms with Crippen LogP contribution in [0.15, 0.2) is 112 Å². The highest BCUT2D eigenvalue weighted by molar-refractivity contribution is 6.21. The zero-order chi connectivity index (χ0) is 32.2. The monoisotopic (exact) mass is 607 g/mol. The quantitative estimate of drug-likeness (QED) is 0.134. The van der Waals surface area contributed by atoms with Crippen LogP contribution in [-0.4, -0.2) is 53.1 Å². The Hall–Kier alpha value is -4.73. The number of hydrogen-bond donors (Lipinski definition) is 3. The van der Waals surface area contributed by atoms with Crippen LogP contribution in [0.1, 0.15) is 60.3 Å². The lowest BCUT2D eigenvalue weighted by Crippen LogP contribution is -2.16. The van der Waals surface area contributed by atoms with E-state index in [1.54, 1.807) is 0 Å². The molecule has 0 amide bonds. The van der Waals surface area contributed by atoms with Crippen LogP contribution in [0, 0.1) is 11.8 Å². The minimum Gasteiger partial charge on any atom is -0.511 e. The molecule has 3 atom stereocenters. The smallest absolute Gasteiger partial charge is 0.305 e. The number of nitrogens with one attached hydrogen (secondary N) is 1. The fourth-order valence-electron chi connectivity index (χ4n) is 7.17. The van der Waals surface area contributed by atoms with Crippen molar-refractivity contribution in [2.24, 2.45) is 31.9 Å². The summed E-state index contributed by atoms with van der Waals surface area (Å²) < 4.78 is 4.96. The van der Waals surface area contributed by atoms with Crippen LogP contribution in [0.3, 0.4) is 0 Å². The van der Waals surface area contributed by atoms with Gasteiger partial charge in [0.15, 0.2) is 0 Å². The SMILES string of the molecule is CCC1=C(C)C2=NC1=CC1=C(C)C3=C(O)CC(=C4NC(=CC5=NC(=C2)C(C(CO)N=[N+]=[N-])=C5C)[C@@H](C)[C@@H]4CCC(=O)OC)C3=N1. The lowest BCUT2D eigenvalue weighted by Gasteiger charge is -2.17. The second-order valence-corrected chi connectivity index (χ2v) is 12.0. The van der Waals surface area contributed by atoms with Crippen molar-refractivity contribution in [1.29, 1.82) is 0 Å². The van der Waals surface area contributed by atoms with Gasteiger partial charge in [-0.1, -0.05) is 19.0 Å². The van der Waals surface area contributed by atoms with Crippen molar-refractivity contribution in [3.63, 3.8) is 0 Å². The van der Waals surface area contributed by atoms with Crippen molar-refractivity contribution >= 4 is 23.1 Å². The summed E-state index contributed by atoms with van der Waals surface area (Å²) in [5.74, 6) is -0.0826. The lowest BCUT2D eigenvalue weighted by atomic mass is 9.86. The standard InChI is InChI=1S/C34H37N7O4/c1-7-19-15(2)22-13-27-31(28(14-42)40-41-35)17(4)24(37-27)11-23-16(3)20(8-9-30(44)45-6)33(38-23)21-10-29(43)32-18(5)25(39-34(21)32)12-26(19)36-22/h11-13,16,20,28,38,42-43H,7-10,14H2,1-6H3/t16-,20-,28?/m0/s1. The van der Waals surface area contributed by atoms with Gasteiger partial charge in [0.2, 0.25) is 0 Å². The molecular formula is C34H37N7O4. The van der Waals surface area contributed by atoms with Crippen LogP contribution in [0.25, 0.3) is 10.4 Å². The number of aliphatic imine (C=N–C) groups is 3. The Kier molecular flexibility index (Phi) is 7.84. The molecule has 1 unspecified atom stereocenters. The topological polar surface area (TPSA) is 165 Å². The molecule has 6 rings (SSSR count). The van der Waals surface area contributed by atoms with Crippen LogP contribution < -0.4 is 5.32 Å². The van der Waals surface area contributed by atoms with Crippen LogP contribution in [0.2, 0.25) is 0 Å². The molecule has 6 aliphatic rings. The molecule has 0 spiro atoms. The zero-order valence-electron chi connectivity index (χ0n) is 26.4. The van der Waals surface area contributed by atoms with E-state index >= 15 is 0 Å². The second-order valence-electron chi connectivity index (χ2n) is 12.0. The van der Waals surface area contributed by atoms with Crippen molar-refractivity contribution < 1.29 is 19.7 Å². The number of azide groups is 1. The van der Waals surface area contributed by atoms with Gasteiger partial charge in [-0.25, -0.2) is 15.0 Å². The number of carbonyl (C=O) groups excluding carboxylic acids is 1. The van der Waals surface area contributed by atoms with Gasteiger partial charge in [-0.3, -0.25) is 4.79 Å². The molecule has 0 aromatic rings. The van der Waals surface area contributed by atoms with Gasteiger partial charge in [0.25, 0.3) is 0 Å². The van der Waals surface area contributed by atoms with Gasteiger partial charge in [0.05, 0.1) is 54.0 Å². The number of carbonyl (C=O) groups is 1. The molecule has 0 saturated carbocycles. The molecule has 5 heterocycles. The molecule has 0 aromatic carbocycles. The summed E-state index contributed by atoms with van der Waals surface area (Å²) in [7, 11) is 1.39. The maximum atomic E-state index is 12.2. The van der Waals surface area contributed by atoms with Crippen LogP contribution in [0.5, 0.6) is 0 Å². The summed E-state index contributed by atoms with van der Waals surface area (Å²) in [4.78, 5) is 30.3. The molecule has 11 nitrogen and oxygen atoms in total. The first-order chi connectivity index (χ1) is 21.6. The molecule has 0 radical (unpaired) electrons. The van der Waals surface area contributed by atoms with Crippen LogP contribution >= 0.6 is 0 Å². The Labute approximate surface area is 261 Å². The molecule has 232 valence electrons. The van der Waals surface area contributed by atoms with Crippen LogP contribution in [-0.2, 0) is 9.53 Å². The number of aliphatic hydroxyl groups excluding tert-OH is 2. The van der Waals surface area contributed by atoms with Crippen molar-refractivity contribution in [2.45, 2.75) is 66.3 Å². The highest BCUT2D eigenvalue weighted by Crippen LogP contribution is 2.46. The van der Waals surface area contributed by atoms with E-state index in [1.807, 2.05) is 39.0 Å². The van der Waals surface area contributed by atoms with Gasteiger partial charge >= 0.3 is 5.97 Å². The largest absolute Gasteiger partial charge is 0.511 e.